The molecule has 1 aromatic carbocycles. The van der Waals surface area contributed by atoms with Crippen LogP contribution in [0.15, 0.2) is 40.5 Å². The topological polar surface area (TPSA) is 63.0 Å². The lowest BCUT2D eigenvalue weighted by molar-refractivity contribution is -0.176. The minimum absolute atomic E-state index is 0.0363. The maximum Gasteiger partial charge on any atom is 0.191 e. The highest BCUT2D eigenvalue weighted by Crippen LogP contribution is 2.39. The molecule has 1 aliphatic rings. The predicted molar refractivity (Wildman–Crippen MR) is 151 cm³/mol. The molecule has 2 aromatic rings. The normalized spacial score (nSPS) is 25.4. The summed E-state index contributed by atoms with van der Waals surface area (Å²) in [6.45, 7) is 21.1. The van der Waals surface area contributed by atoms with Crippen LogP contribution in [-0.2, 0) is 20.5 Å². The monoisotopic (exact) mass is 529 g/mol. The molecule has 0 saturated carbocycles. The van der Waals surface area contributed by atoms with Crippen LogP contribution in [0.25, 0.3) is 6.08 Å². The SMILES string of the molecule is COc1ccc(CO[C@H]2[C@@H](C)[C@@H](CCO[Si](C)(C)C(C)(C)C)O[C@@H](/C(C)=C/c3coc(C)n3)[C@@H]2C)cc1. The first-order valence-corrected chi connectivity index (χ1v) is 16.4. The van der Waals surface area contributed by atoms with Crippen molar-refractivity contribution in [2.24, 2.45) is 11.8 Å². The van der Waals surface area contributed by atoms with Crippen molar-refractivity contribution in [3.05, 3.63) is 53.2 Å². The summed E-state index contributed by atoms with van der Waals surface area (Å²) in [5.74, 6) is 1.92. The Morgan fingerprint density at radius 3 is 2.35 bits per heavy atom. The second-order valence-corrected chi connectivity index (χ2v) is 16.8. The van der Waals surface area contributed by atoms with E-state index in [1.54, 1.807) is 13.4 Å². The Balaban J connectivity index is 1.77. The molecule has 0 spiro atoms. The lowest BCUT2D eigenvalue weighted by Gasteiger charge is -2.46. The minimum atomic E-state index is -1.82. The Bertz CT molecular complexity index is 1020. The summed E-state index contributed by atoms with van der Waals surface area (Å²) in [7, 11) is -0.141. The molecule has 1 aromatic heterocycles. The number of ether oxygens (including phenoxy) is 3. The van der Waals surface area contributed by atoms with E-state index in [0.29, 0.717) is 19.1 Å². The molecule has 6 nitrogen and oxygen atoms in total. The first-order valence-electron chi connectivity index (χ1n) is 13.5. The van der Waals surface area contributed by atoms with Gasteiger partial charge in [-0.1, -0.05) is 46.8 Å². The molecule has 0 aliphatic carbocycles. The molecule has 1 aliphatic heterocycles. The van der Waals surface area contributed by atoms with E-state index < -0.39 is 8.32 Å². The summed E-state index contributed by atoms with van der Waals surface area (Å²) >= 11 is 0. The second kappa shape index (κ2) is 12.3. The van der Waals surface area contributed by atoms with Crippen molar-refractivity contribution in [3.63, 3.8) is 0 Å². The molecule has 206 valence electrons. The lowest BCUT2D eigenvalue weighted by Crippen LogP contribution is -2.51. The van der Waals surface area contributed by atoms with Gasteiger partial charge in [0.05, 0.1) is 32.0 Å². The van der Waals surface area contributed by atoms with Crippen molar-refractivity contribution in [2.75, 3.05) is 13.7 Å². The Kier molecular flexibility index (Phi) is 9.83. The van der Waals surface area contributed by atoms with Crippen LogP contribution in [0, 0.1) is 18.8 Å². The molecule has 0 amide bonds. The van der Waals surface area contributed by atoms with Crippen molar-refractivity contribution >= 4 is 14.4 Å². The summed E-state index contributed by atoms with van der Waals surface area (Å²) in [6.07, 6.45) is 4.60. The van der Waals surface area contributed by atoms with E-state index in [2.05, 4.69) is 77.8 Å². The van der Waals surface area contributed by atoms with Crippen molar-refractivity contribution in [2.45, 2.75) is 97.9 Å². The van der Waals surface area contributed by atoms with Crippen molar-refractivity contribution < 1.29 is 23.1 Å². The summed E-state index contributed by atoms with van der Waals surface area (Å²) in [5, 5.41) is 0.183. The lowest BCUT2D eigenvalue weighted by atomic mass is 9.79. The van der Waals surface area contributed by atoms with E-state index >= 15 is 0 Å². The van der Waals surface area contributed by atoms with Gasteiger partial charge < -0.3 is 23.1 Å². The zero-order valence-electron chi connectivity index (χ0n) is 24.5. The number of nitrogens with zero attached hydrogens (tertiary/aromatic N) is 1. The summed E-state index contributed by atoms with van der Waals surface area (Å²) in [4.78, 5) is 4.46. The smallest absolute Gasteiger partial charge is 0.191 e. The van der Waals surface area contributed by atoms with Crippen molar-refractivity contribution in [1.29, 1.82) is 0 Å². The Morgan fingerprint density at radius 1 is 1.11 bits per heavy atom. The van der Waals surface area contributed by atoms with Crippen LogP contribution < -0.4 is 4.74 Å². The highest BCUT2D eigenvalue weighted by Gasteiger charge is 2.43. The van der Waals surface area contributed by atoms with Crippen LogP contribution >= 0.6 is 0 Å². The van der Waals surface area contributed by atoms with Gasteiger partial charge in [0, 0.05) is 25.4 Å². The van der Waals surface area contributed by atoms with Gasteiger partial charge in [-0.3, -0.25) is 0 Å². The zero-order valence-corrected chi connectivity index (χ0v) is 25.5. The van der Waals surface area contributed by atoms with Gasteiger partial charge in [0.25, 0.3) is 0 Å². The number of methoxy groups -OCH3 is 1. The largest absolute Gasteiger partial charge is 0.497 e. The number of oxazole rings is 1. The third-order valence-electron chi connectivity index (χ3n) is 8.16. The van der Waals surface area contributed by atoms with Crippen LogP contribution in [0.5, 0.6) is 5.75 Å². The molecule has 3 rings (SSSR count). The van der Waals surface area contributed by atoms with Crippen molar-refractivity contribution in [1.82, 2.24) is 4.98 Å². The summed E-state index contributed by atoms with van der Waals surface area (Å²) in [5.41, 5.74) is 3.07. The molecular weight excluding hydrogens is 482 g/mol. The molecular formula is C30H47NO5Si. The van der Waals surface area contributed by atoms with Crippen molar-refractivity contribution in [3.8, 4) is 5.75 Å². The van der Waals surface area contributed by atoms with Crippen LogP contribution in [0.3, 0.4) is 0 Å². The molecule has 0 radical (unpaired) electrons. The van der Waals surface area contributed by atoms with Crippen LogP contribution in [-0.4, -0.2) is 45.3 Å². The highest BCUT2D eigenvalue weighted by molar-refractivity contribution is 6.74. The number of aryl methyl sites for hydroxylation is 1. The standard InChI is InChI=1S/C30H47NO5Si/c1-20(17-25-19-33-23(4)31-25)28-22(3)29(34-18-24-11-13-26(32-8)14-12-24)21(2)27(36-28)15-16-35-37(9,10)30(5,6)7/h11-14,17,19,21-22,27-29H,15-16,18H2,1-10H3/b20-17+/t21-,22-,27+,28-,29-/m0/s1. The first kappa shape index (κ1) is 29.6. The van der Waals surface area contributed by atoms with Crippen LogP contribution in [0.4, 0.5) is 0 Å². The molecule has 7 heteroatoms. The van der Waals surface area contributed by atoms with Gasteiger partial charge in [-0.05, 0) is 60.8 Å². The number of hydrogen-bond donors (Lipinski definition) is 0. The fraction of sp³-hybridized carbons (Fsp3) is 0.633. The average molecular weight is 530 g/mol. The average Bonchev–Trinajstić information content (AvgIpc) is 3.24. The highest BCUT2D eigenvalue weighted by atomic mass is 28.4. The quantitative estimate of drug-likeness (QED) is 0.298. The first-order chi connectivity index (χ1) is 17.3. The maximum atomic E-state index is 6.78. The zero-order chi connectivity index (χ0) is 27.4. The van der Waals surface area contributed by atoms with E-state index in [-0.39, 0.29) is 35.2 Å². The Hall–Kier alpha value is -1.93. The molecule has 0 N–H and O–H groups in total. The van der Waals surface area contributed by atoms with Gasteiger partial charge >= 0.3 is 0 Å². The molecule has 5 atom stereocenters. The molecule has 2 heterocycles. The van der Waals surface area contributed by atoms with E-state index in [9.17, 15) is 0 Å². The Morgan fingerprint density at radius 2 is 1.78 bits per heavy atom. The molecule has 1 saturated heterocycles. The van der Waals surface area contributed by atoms with Crippen LogP contribution in [0.2, 0.25) is 18.1 Å². The predicted octanol–water partition coefficient (Wildman–Crippen LogP) is 7.43. The summed E-state index contributed by atoms with van der Waals surface area (Å²) < 4.78 is 30.6. The number of hydrogen-bond acceptors (Lipinski definition) is 6. The molecule has 0 unspecified atom stereocenters. The van der Waals surface area contributed by atoms with Gasteiger partial charge in [0.2, 0.25) is 0 Å². The molecule has 0 bridgehead atoms. The molecule has 1 fully saturated rings. The maximum absolute atomic E-state index is 6.78. The summed E-state index contributed by atoms with van der Waals surface area (Å²) in [6, 6.07) is 8.08. The third kappa shape index (κ3) is 7.56. The molecule has 37 heavy (non-hydrogen) atoms. The van der Waals surface area contributed by atoms with Gasteiger partial charge in [0.15, 0.2) is 14.2 Å². The third-order valence-corrected chi connectivity index (χ3v) is 12.7. The van der Waals surface area contributed by atoms with E-state index in [1.165, 1.54) is 0 Å². The fourth-order valence-corrected chi connectivity index (χ4v) is 5.84. The number of benzene rings is 1. The number of rotatable bonds is 10. The second-order valence-electron chi connectivity index (χ2n) is 12.0. The van der Waals surface area contributed by atoms with Crippen LogP contribution in [0.1, 0.15) is 65.1 Å². The van der Waals surface area contributed by atoms with Gasteiger partial charge in [0.1, 0.15) is 17.7 Å². The van der Waals surface area contributed by atoms with E-state index in [1.807, 2.05) is 19.1 Å². The fourth-order valence-electron chi connectivity index (χ4n) is 4.78. The minimum Gasteiger partial charge on any atom is -0.497 e. The van der Waals surface area contributed by atoms with E-state index in [0.717, 1.165) is 29.0 Å². The Labute approximate surface area is 224 Å². The van der Waals surface area contributed by atoms with Gasteiger partial charge in [-0.15, -0.1) is 0 Å². The van der Waals surface area contributed by atoms with Gasteiger partial charge in [-0.2, -0.15) is 0 Å². The number of aromatic nitrogens is 1. The van der Waals surface area contributed by atoms with Gasteiger partial charge in [-0.25, -0.2) is 4.98 Å². The van der Waals surface area contributed by atoms with E-state index in [4.69, 9.17) is 23.1 Å².